The van der Waals surface area contributed by atoms with Crippen molar-refractivity contribution in [2.45, 2.75) is 32.9 Å². The zero-order valence-electron chi connectivity index (χ0n) is 18.8. The summed E-state index contributed by atoms with van der Waals surface area (Å²) >= 11 is 5.71. The summed E-state index contributed by atoms with van der Waals surface area (Å²) in [5.41, 5.74) is 3.98. The lowest BCUT2D eigenvalue weighted by Gasteiger charge is -2.26. The van der Waals surface area contributed by atoms with Crippen molar-refractivity contribution < 1.29 is 4.74 Å². The summed E-state index contributed by atoms with van der Waals surface area (Å²) in [4.78, 5) is 11.0. The number of para-hydroxylation sites is 1. The fourth-order valence-electron chi connectivity index (χ4n) is 3.49. The van der Waals surface area contributed by atoms with Crippen LogP contribution in [0.3, 0.4) is 0 Å². The van der Waals surface area contributed by atoms with Gasteiger partial charge >= 0.3 is 0 Å². The highest BCUT2D eigenvalue weighted by Gasteiger charge is 2.13. The van der Waals surface area contributed by atoms with Gasteiger partial charge in [-0.15, -0.1) is 0 Å². The minimum Gasteiger partial charge on any atom is -0.487 e. The second kappa shape index (κ2) is 11.4. The number of benzene rings is 2. The molecular weight excluding hydrogens is 428 g/mol. The van der Waals surface area contributed by atoms with E-state index in [1.807, 2.05) is 60.8 Å². The number of pyridine rings is 2. The van der Waals surface area contributed by atoms with E-state index in [0.717, 1.165) is 53.0 Å². The van der Waals surface area contributed by atoms with Gasteiger partial charge in [0.05, 0.1) is 17.8 Å². The van der Waals surface area contributed by atoms with Gasteiger partial charge in [-0.25, -0.2) is 4.98 Å². The number of anilines is 1. The van der Waals surface area contributed by atoms with E-state index in [0.29, 0.717) is 18.3 Å². The first kappa shape index (κ1) is 22.7. The van der Waals surface area contributed by atoms with Gasteiger partial charge in [0.2, 0.25) is 0 Å². The molecule has 2 heterocycles. The number of unbranched alkanes of at least 4 members (excludes halogenated alkanes) is 1. The molecule has 4 aromatic rings. The quantitative estimate of drug-likeness (QED) is 0.250. The Balaban J connectivity index is 1.44. The van der Waals surface area contributed by atoms with Crippen LogP contribution in [-0.4, -0.2) is 21.6 Å². The molecule has 1 N–H and O–H groups in total. The monoisotopic (exact) mass is 456 g/mol. The van der Waals surface area contributed by atoms with Crippen LogP contribution in [0.15, 0.2) is 85.2 Å². The molecule has 0 saturated carbocycles. The smallest absolute Gasteiger partial charge is 0.173 e. The van der Waals surface area contributed by atoms with Crippen molar-refractivity contribution in [1.82, 2.24) is 15.3 Å². The Hall–Kier alpha value is -3.51. The number of ether oxygens (including phenoxy) is 1. The minimum absolute atomic E-state index is 0.417. The van der Waals surface area contributed by atoms with Gasteiger partial charge in [0.25, 0.3) is 0 Å². The number of aromatic nitrogens is 2. The molecule has 168 valence electrons. The van der Waals surface area contributed by atoms with Crippen molar-refractivity contribution >= 4 is 33.9 Å². The van der Waals surface area contributed by atoms with Crippen LogP contribution in [-0.2, 0) is 13.2 Å². The molecule has 2 aromatic heterocycles. The number of rotatable bonds is 9. The van der Waals surface area contributed by atoms with Crippen LogP contribution in [0.4, 0.5) is 5.69 Å². The van der Waals surface area contributed by atoms with Crippen molar-refractivity contribution in [2.24, 2.45) is 0 Å². The summed E-state index contributed by atoms with van der Waals surface area (Å²) in [5, 5.41) is 5.21. The molecule has 0 amide bonds. The van der Waals surface area contributed by atoms with Gasteiger partial charge in [0.1, 0.15) is 12.4 Å². The summed E-state index contributed by atoms with van der Waals surface area (Å²) in [6, 6.07) is 24.2. The number of fused-ring (bicyclic) bond motifs is 1. The number of hydrogen-bond acceptors (Lipinski definition) is 4. The molecule has 0 fully saturated rings. The van der Waals surface area contributed by atoms with E-state index in [-0.39, 0.29) is 0 Å². The van der Waals surface area contributed by atoms with E-state index in [2.05, 4.69) is 45.3 Å². The predicted octanol–water partition coefficient (Wildman–Crippen LogP) is 5.89. The Bertz CT molecular complexity index is 1180. The van der Waals surface area contributed by atoms with E-state index in [1.165, 1.54) is 0 Å². The van der Waals surface area contributed by atoms with Gasteiger partial charge in [-0.1, -0.05) is 43.7 Å². The zero-order chi connectivity index (χ0) is 22.9. The topological polar surface area (TPSA) is 50.3 Å². The molecule has 4 rings (SSSR count). The molecule has 0 aliphatic rings. The summed E-state index contributed by atoms with van der Waals surface area (Å²) < 4.78 is 5.99. The van der Waals surface area contributed by atoms with Crippen molar-refractivity contribution in [2.75, 3.05) is 11.4 Å². The average Bonchev–Trinajstić information content (AvgIpc) is 2.87. The highest BCUT2D eigenvalue weighted by Crippen LogP contribution is 2.22. The first-order valence-corrected chi connectivity index (χ1v) is 11.7. The molecule has 0 radical (unpaired) electrons. The fraction of sp³-hybridized carbons (Fsp3) is 0.222. The lowest BCUT2D eigenvalue weighted by Crippen LogP contribution is -2.39. The van der Waals surface area contributed by atoms with Crippen LogP contribution < -0.4 is 15.0 Å². The molecule has 5 nitrogen and oxygen atoms in total. The van der Waals surface area contributed by atoms with Gasteiger partial charge in [-0.05, 0) is 66.7 Å². The van der Waals surface area contributed by atoms with Gasteiger partial charge < -0.3 is 15.0 Å². The molecule has 0 spiro atoms. The Labute approximate surface area is 200 Å². The van der Waals surface area contributed by atoms with Crippen molar-refractivity contribution in [3.8, 4) is 5.75 Å². The summed E-state index contributed by atoms with van der Waals surface area (Å²) in [7, 11) is 0. The number of nitrogens with zero attached hydrogens (tertiary/aromatic N) is 3. The van der Waals surface area contributed by atoms with Gasteiger partial charge in [-0.3, -0.25) is 4.98 Å². The Morgan fingerprint density at radius 3 is 2.64 bits per heavy atom. The van der Waals surface area contributed by atoms with Crippen LogP contribution in [0.2, 0.25) is 0 Å². The van der Waals surface area contributed by atoms with E-state index >= 15 is 0 Å². The first-order chi connectivity index (χ1) is 16.2. The lowest BCUT2D eigenvalue weighted by molar-refractivity contribution is 0.302. The largest absolute Gasteiger partial charge is 0.487 e. The average molecular weight is 457 g/mol. The standard InChI is InChI=1S/C27H28N4OS/c1-2-3-17-29-27(33)31(19-21-7-6-16-28-18-21)24-12-14-25(15-13-24)32-20-23-11-10-22-8-4-5-9-26(22)30-23/h4-16,18H,2-3,17,19-20H2,1H3,(H,29,33). The predicted molar refractivity (Wildman–Crippen MR) is 138 cm³/mol. The summed E-state index contributed by atoms with van der Waals surface area (Å²) in [6.45, 7) is 4.09. The molecule has 33 heavy (non-hydrogen) atoms. The van der Waals surface area contributed by atoms with Gasteiger partial charge in [0, 0.05) is 30.0 Å². The van der Waals surface area contributed by atoms with E-state index < -0.39 is 0 Å². The molecule has 0 aliphatic carbocycles. The van der Waals surface area contributed by atoms with Crippen LogP contribution >= 0.6 is 12.2 Å². The zero-order valence-corrected chi connectivity index (χ0v) is 19.6. The van der Waals surface area contributed by atoms with Gasteiger partial charge in [-0.2, -0.15) is 0 Å². The maximum Gasteiger partial charge on any atom is 0.173 e. The highest BCUT2D eigenvalue weighted by molar-refractivity contribution is 7.80. The Morgan fingerprint density at radius 1 is 1.00 bits per heavy atom. The molecule has 2 aromatic carbocycles. The van der Waals surface area contributed by atoms with Crippen molar-refractivity contribution in [3.63, 3.8) is 0 Å². The summed E-state index contributed by atoms with van der Waals surface area (Å²) in [6.07, 6.45) is 5.85. The third kappa shape index (κ3) is 6.26. The molecule has 0 atom stereocenters. The Kier molecular flexibility index (Phi) is 7.82. The third-order valence-electron chi connectivity index (χ3n) is 5.31. The SMILES string of the molecule is CCCCNC(=S)N(Cc1cccnc1)c1ccc(OCc2ccc3ccccc3n2)cc1. The normalized spacial score (nSPS) is 10.7. The van der Waals surface area contributed by atoms with Gasteiger partial charge in [0.15, 0.2) is 5.11 Å². The van der Waals surface area contributed by atoms with Crippen molar-refractivity contribution in [1.29, 1.82) is 0 Å². The van der Waals surface area contributed by atoms with Crippen molar-refractivity contribution in [3.05, 3.63) is 96.4 Å². The highest BCUT2D eigenvalue weighted by atomic mass is 32.1. The molecule has 6 heteroatoms. The first-order valence-electron chi connectivity index (χ1n) is 11.2. The minimum atomic E-state index is 0.417. The maximum atomic E-state index is 5.99. The van der Waals surface area contributed by atoms with Crippen LogP contribution in [0.5, 0.6) is 5.75 Å². The molecule has 0 unspecified atom stereocenters. The fourth-order valence-corrected chi connectivity index (χ4v) is 3.76. The maximum absolute atomic E-state index is 5.99. The van der Waals surface area contributed by atoms with Crippen LogP contribution in [0.1, 0.15) is 31.0 Å². The van der Waals surface area contributed by atoms with Crippen LogP contribution in [0, 0.1) is 0 Å². The second-order valence-electron chi connectivity index (χ2n) is 7.81. The number of thiocarbonyl (C=S) groups is 1. The summed E-state index contributed by atoms with van der Waals surface area (Å²) in [5.74, 6) is 0.792. The van der Waals surface area contributed by atoms with E-state index in [1.54, 1.807) is 6.20 Å². The number of hydrogen-bond donors (Lipinski definition) is 1. The number of nitrogens with one attached hydrogen (secondary N) is 1. The third-order valence-corrected chi connectivity index (χ3v) is 5.67. The lowest BCUT2D eigenvalue weighted by atomic mass is 10.2. The Morgan fingerprint density at radius 2 is 1.85 bits per heavy atom. The molecule has 0 aliphatic heterocycles. The van der Waals surface area contributed by atoms with E-state index in [4.69, 9.17) is 17.0 Å². The molecule has 0 saturated heterocycles. The second-order valence-corrected chi connectivity index (χ2v) is 8.20. The van der Waals surface area contributed by atoms with E-state index in [9.17, 15) is 0 Å². The molecule has 0 bridgehead atoms. The van der Waals surface area contributed by atoms with Crippen LogP contribution in [0.25, 0.3) is 10.9 Å². The molecular formula is C27H28N4OS.